The van der Waals surface area contributed by atoms with Crippen molar-refractivity contribution >= 4 is 11.8 Å². The van der Waals surface area contributed by atoms with Crippen LogP contribution < -0.4 is 9.47 Å². The Bertz CT molecular complexity index is 713. The molecule has 2 aliphatic rings. The van der Waals surface area contributed by atoms with E-state index in [0.29, 0.717) is 36.8 Å². The fourth-order valence-corrected chi connectivity index (χ4v) is 4.16. The number of benzene rings is 1. The van der Waals surface area contributed by atoms with Crippen LogP contribution in [0.2, 0.25) is 0 Å². The van der Waals surface area contributed by atoms with Crippen molar-refractivity contribution in [1.29, 1.82) is 0 Å². The highest BCUT2D eigenvalue weighted by Crippen LogP contribution is 2.30. The van der Waals surface area contributed by atoms with Gasteiger partial charge >= 0.3 is 0 Å². The van der Waals surface area contributed by atoms with Gasteiger partial charge in [-0.2, -0.15) is 0 Å². The normalized spacial score (nSPS) is 20.4. The van der Waals surface area contributed by atoms with Crippen molar-refractivity contribution in [3.05, 3.63) is 23.8 Å². The molecule has 1 aromatic carbocycles. The molecule has 0 N–H and O–H groups in total. The number of likely N-dealkylation sites (tertiary alicyclic amines) is 2. The maximum Gasteiger partial charge on any atom is 0.258 e. The predicted octanol–water partition coefficient (Wildman–Crippen LogP) is 2.73. The van der Waals surface area contributed by atoms with Crippen LogP contribution >= 0.6 is 0 Å². The summed E-state index contributed by atoms with van der Waals surface area (Å²) in [6, 6.07) is 5.48. The minimum absolute atomic E-state index is 0.0123. The van der Waals surface area contributed by atoms with E-state index < -0.39 is 0 Å². The minimum atomic E-state index is -0.0400. The topological polar surface area (TPSA) is 68.3 Å². The number of methoxy groups -OCH3 is 2. The highest BCUT2D eigenvalue weighted by Gasteiger charge is 2.30. The van der Waals surface area contributed by atoms with E-state index in [1.54, 1.807) is 27.2 Å². The molecule has 0 saturated carbocycles. The number of carbonyl (C=O) groups is 2. The Morgan fingerprint density at radius 2 is 1.83 bits per heavy atom. The average Bonchev–Trinajstić information content (AvgIpc) is 2.74. The first-order chi connectivity index (χ1) is 14.0. The molecular weight excluding hydrogens is 372 g/mol. The summed E-state index contributed by atoms with van der Waals surface area (Å²) < 4.78 is 16.9. The summed E-state index contributed by atoms with van der Waals surface area (Å²) in [6.45, 7) is 4.22. The third-order valence-corrected chi connectivity index (χ3v) is 5.85. The van der Waals surface area contributed by atoms with E-state index >= 15 is 0 Å². The maximum atomic E-state index is 13.4. The number of nitrogens with zero attached hydrogens (tertiary/aromatic N) is 2. The van der Waals surface area contributed by atoms with Crippen LogP contribution in [0.1, 0.15) is 49.4 Å². The Balaban J connectivity index is 1.78. The third kappa shape index (κ3) is 5.21. The van der Waals surface area contributed by atoms with Crippen molar-refractivity contribution in [2.24, 2.45) is 0 Å². The Morgan fingerprint density at radius 1 is 1.07 bits per heavy atom. The van der Waals surface area contributed by atoms with Crippen LogP contribution in [0, 0.1) is 0 Å². The fraction of sp³-hybridized carbons (Fsp3) is 0.636. The van der Waals surface area contributed by atoms with Crippen LogP contribution in [0.4, 0.5) is 0 Å². The monoisotopic (exact) mass is 404 g/mol. The molecule has 0 aliphatic carbocycles. The molecular formula is C22H32N2O5. The highest BCUT2D eigenvalue weighted by atomic mass is 16.5. The van der Waals surface area contributed by atoms with Gasteiger partial charge in [-0.05, 0) is 37.5 Å². The van der Waals surface area contributed by atoms with Gasteiger partial charge in [-0.25, -0.2) is 0 Å². The summed E-state index contributed by atoms with van der Waals surface area (Å²) in [4.78, 5) is 28.7. The Hall–Kier alpha value is -2.28. The Labute approximate surface area is 172 Å². The first-order valence-electron chi connectivity index (χ1n) is 10.4. The first kappa shape index (κ1) is 21.4. The van der Waals surface area contributed by atoms with Crippen LogP contribution in [0.5, 0.6) is 11.5 Å². The first-order valence-corrected chi connectivity index (χ1v) is 10.4. The van der Waals surface area contributed by atoms with Crippen LogP contribution in [0.15, 0.2) is 18.2 Å². The lowest BCUT2D eigenvalue weighted by molar-refractivity contribution is -0.130. The van der Waals surface area contributed by atoms with Gasteiger partial charge < -0.3 is 24.0 Å². The molecule has 0 radical (unpaired) electrons. The van der Waals surface area contributed by atoms with Gasteiger partial charge in [0.05, 0.1) is 25.3 Å². The quantitative estimate of drug-likeness (QED) is 0.729. The van der Waals surface area contributed by atoms with E-state index in [2.05, 4.69) is 0 Å². The van der Waals surface area contributed by atoms with Crippen molar-refractivity contribution < 1.29 is 23.8 Å². The van der Waals surface area contributed by atoms with E-state index in [4.69, 9.17) is 14.2 Å². The SMILES string of the molecule is COCC1CCCCN1C(=O)c1cc(OC)ccc1OC1CCN(C(C)=O)CC1. The number of hydrogen-bond acceptors (Lipinski definition) is 5. The van der Waals surface area contributed by atoms with Gasteiger partial charge in [-0.3, -0.25) is 9.59 Å². The smallest absolute Gasteiger partial charge is 0.258 e. The molecule has 2 aliphatic heterocycles. The molecule has 2 amide bonds. The summed E-state index contributed by atoms with van der Waals surface area (Å²) >= 11 is 0. The van der Waals surface area contributed by atoms with Crippen molar-refractivity contribution in [3.8, 4) is 11.5 Å². The second-order valence-corrected chi connectivity index (χ2v) is 7.79. The fourth-order valence-electron chi connectivity index (χ4n) is 4.16. The summed E-state index contributed by atoms with van der Waals surface area (Å²) in [5.74, 6) is 1.27. The molecule has 3 rings (SSSR count). The van der Waals surface area contributed by atoms with E-state index in [-0.39, 0.29) is 24.0 Å². The van der Waals surface area contributed by atoms with Crippen LogP contribution in [-0.4, -0.2) is 74.2 Å². The standard InChI is InChI=1S/C22H32N2O5/c1-16(25)23-12-9-18(10-13-23)29-21-8-7-19(28-3)14-20(21)22(26)24-11-5-4-6-17(24)15-27-2/h7-8,14,17-18H,4-6,9-13,15H2,1-3H3. The molecule has 29 heavy (non-hydrogen) atoms. The van der Waals surface area contributed by atoms with Gasteiger partial charge in [0.25, 0.3) is 5.91 Å². The largest absolute Gasteiger partial charge is 0.497 e. The van der Waals surface area contributed by atoms with Crippen LogP contribution in [0.3, 0.4) is 0 Å². The van der Waals surface area contributed by atoms with Gasteiger partial charge in [0.15, 0.2) is 0 Å². The Kier molecular flexibility index (Phi) is 7.36. The third-order valence-electron chi connectivity index (χ3n) is 5.85. The van der Waals surface area contributed by atoms with Gasteiger partial charge in [0, 0.05) is 46.5 Å². The summed E-state index contributed by atoms with van der Waals surface area (Å²) in [7, 11) is 3.26. The summed E-state index contributed by atoms with van der Waals surface area (Å²) in [5, 5.41) is 0. The number of amides is 2. The number of ether oxygens (including phenoxy) is 3. The van der Waals surface area contributed by atoms with Crippen molar-refractivity contribution in [3.63, 3.8) is 0 Å². The second-order valence-electron chi connectivity index (χ2n) is 7.79. The molecule has 1 unspecified atom stereocenters. The number of hydrogen-bond donors (Lipinski definition) is 0. The van der Waals surface area contributed by atoms with Gasteiger partial charge in [0.1, 0.15) is 17.6 Å². The number of rotatable bonds is 6. The van der Waals surface area contributed by atoms with E-state index in [9.17, 15) is 9.59 Å². The van der Waals surface area contributed by atoms with Gasteiger partial charge in [-0.1, -0.05) is 0 Å². The predicted molar refractivity (Wildman–Crippen MR) is 109 cm³/mol. The molecule has 2 saturated heterocycles. The molecule has 1 aromatic rings. The molecule has 0 aromatic heterocycles. The lowest BCUT2D eigenvalue weighted by Gasteiger charge is -2.36. The zero-order chi connectivity index (χ0) is 20.8. The van der Waals surface area contributed by atoms with Crippen molar-refractivity contribution in [2.45, 2.75) is 51.2 Å². The van der Waals surface area contributed by atoms with Crippen molar-refractivity contribution in [1.82, 2.24) is 9.80 Å². The number of piperidine rings is 2. The highest BCUT2D eigenvalue weighted by molar-refractivity contribution is 5.97. The zero-order valence-corrected chi connectivity index (χ0v) is 17.7. The van der Waals surface area contributed by atoms with Crippen LogP contribution in [-0.2, 0) is 9.53 Å². The van der Waals surface area contributed by atoms with Crippen LogP contribution in [0.25, 0.3) is 0 Å². The average molecular weight is 405 g/mol. The Morgan fingerprint density at radius 3 is 2.48 bits per heavy atom. The minimum Gasteiger partial charge on any atom is -0.497 e. The van der Waals surface area contributed by atoms with Gasteiger partial charge in [-0.15, -0.1) is 0 Å². The number of carbonyl (C=O) groups excluding carboxylic acids is 2. The van der Waals surface area contributed by atoms with Crippen molar-refractivity contribution in [2.75, 3.05) is 40.5 Å². The molecule has 1 atom stereocenters. The molecule has 2 fully saturated rings. The summed E-state index contributed by atoms with van der Waals surface area (Å²) in [6.07, 6.45) is 4.55. The molecule has 160 valence electrons. The molecule has 7 nitrogen and oxygen atoms in total. The molecule has 7 heteroatoms. The maximum absolute atomic E-state index is 13.4. The zero-order valence-electron chi connectivity index (χ0n) is 17.7. The molecule has 0 spiro atoms. The molecule has 2 heterocycles. The van der Waals surface area contributed by atoms with E-state index in [0.717, 1.165) is 38.6 Å². The van der Waals surface area contributed by atoms with Gasteiger partial charge in [0.2, 0.25) is 5.91 Å². The second kappa shape index (κ2) is 9.96. The van der Waals surface area contributed by atoms with E-state index in [1.807, 2.05) is 21.9 Å². The molecule has 0 bridgehead atoms. The summed E-state index contributed by atoms with van der Waals surface area (Å²) in [5.41, 5.74) is 0.529. The lowest BCUT2D eigenvalue weighted by Crippen LogP contribution is -2.46. The van der Waals surface area contributed by atoms with E-state index in [1.165, 1.54) is 0 Å². The lowest BCUT2D eigenvalue weighted by atomic mass is 10.0.